The number of rotatable bonds is 6. The minimum Gasteiger partial charge on any atom is -0.381 e. The van der Waals surface area contributed by atoms with E-state index in [1.54, 1.807) is 7.11 Å². The Bertz CT molecular complexity index is 329. The average molecular weight is 266 g/mol. The largest absolute Gasteiger partial charge is 0.381 e. The van der Waals surface area contributed by atoms with Crippen LogP contribution in [0.25, 0.3) is 0 Å². The molecule has 100 valence electrons. The first-order valence-corrected chi connectivity index (χ1v) is 7.69. The summed E-state index contributed by atoms with van der Waals surface area (Å²) in [6, 6.07) is 10.5. The van der Waals surface area contributed by atoms with Crippen molar-refractivity contribution in [3.05, 3.63) is 30.3 Å². The number of hydrogen-bond donors (Lipinski definition) is 0. The zero-order chi connectivity index (χ0) is 12.6. The van der Waals surface area contributed by atoms with Gasteiger partial charge in [-0.1, -0.05) is 18.2 Å². The van der Waals surface area contributed by atoms with E-state index < -0.39 is 0 Å². The van der Waals surface area contributed by atoms with Gasteiger partial charge in [0.2, 0.25) is 0 Å². The molecule has 1 aliphatic rings. The van der Waals surface area contributed by atoms with E-state index in [4.69, 9.17) is 9.47 Å². The third-order valence-corrected chi connectivity index (χ3v) is 4.34. The topological polar surface area (TPSA) is 18.5 Å². The van der Waals surface area contributed by atoms with E-state index in [2.05, 4.69) is 24.3 Å². The smallest absolute Gasteiger partial charge is 0.0600 e. The molecule has 2 atom stereocenters. The molecule has 0 radical (unpaired) electrons. The summed E-state index contributed by atoms with van der Waals surface area (Å²) in [5, 5.41) is 0. The molecule has 2 rings (SSSR count). The van der Waals surface area contributed by atoms with Gasteiger partial charge in [-0.05, 0) is 37.8 Å². The molecule has 0 heterocycles. The Morgan fingerprint density at radius 3 is 2.72 bits per heavy atom. The fraction of sp³-hybridized carbons (Fsp3) is 0.600. The fourth-order valence-corrected chi connectivity index (χ4v) is 3.12. The van der Waals surface area contributed by atoms with Gasteiger partial charge in [0.25, 0.3) is 0 Å². The molecule has 0 spiro atoms. The van der Waals surface area contributed by atoms with Crippen molar-refractivity contribution in [2.75, 3.05) is 19.5 Å². The summed E-state index contributed by atoms with van der Waals surface area (Å²) >= 11 is 1.86. The van der Waals surface area contributed by atoms with Crippen LogP contribution in [0, 0.1) is 0 Å². The van der Waals surface area contributed by atoms with Crippen molar-refractivity contribution in [3.63, 3.8) is 0 Å². The quantitative estimate of drug-likeness (QED) is 0.577. The summed E-state index contributed by atoms with van der Waals surface area (Å²) in [7, 11) is 1.80. The van der Waals surface area contributed by atoms with E-state index >= 15 is 0 Å². The Morgan fingerprint density at radius 2 is 1.94 bits per heavy atom. The minimum atomic E-state index is 0.403. The van der Waals surface area contributed by atoms with E-state index in [-0.39, 0.29) is 0 Å². The fourth-order valence-electron chi connectivity index (χ4n) is 2.36. The predicted molar refractivity (Wildman–Crippen MR) is 76.2 cm³/mol. The second kappa shape index (κ2) is 7.82. The Kier molecular flexibility index (Phi) is 6.05. The minimum absolute atomic E-state index is 0.403. The summed E-state index contributed by atoms with van der Waals surface area (Å²) in [6.45, 7) is 0.834. The maximum absolute atomic E-state index is 5.94. The maximum Gasteiger partial charge on any atom is 0.0600 e. The van der Waals surface area contributed by atoms with Crippen molar-refractivity contribution in [1.29, 1.82) is 0 Å². The van der Waals surface area contributed by atoms with Crippen LogP contribution in [-0.2, 0) is 9.47 Å². The molecule has 18 heavy (non-hydrogen) atoms. The van der Waals surface area contributed by atoms with Gasteiger partial charge in [-0.25, -0.2) is 0 Å². The molecule has 0 aromatic heterocycles. The Labute approximate surface area is 114 Å². The molecule has 0 bridgehead atoms. The number of thioether (sulfide) groups is 1. The first kappa shape index (κ1) is 13.9. The second-order valence-corrected chi connectivity index (χ2v) is 5.85. The van der Waals surface area contributed by atoms with Crippen molar-refractivity contribution in [3.8, 4) is 0 Å². The molecule has 0 aliphatic heterocycles. The normalized spacial score (nSPS) is 24.1. The number of methoxy groups -OCH3 is 1. The summed E-state index contributed by atoms with van der Waals surface area (Å²) in [6.07, 6.45) is 5.48. The van der Waals surface area contributed by atoms with Gasteiger partial charge in [-0.3, -0.25) is 0 Å². The van der Waals surface area contributed by atoms with E-state index in [1.807, 2.05) is 17.8 Å². The molecule has 0 saturated heterocycles. The highest BCUT2D eigenvalue weighted by Gasteiger charge is 2.21. The molecule has 1 aromatic carbocycles. The first-order chi connectivity index (χ1) is 8.88. The summed E-state index contributed by atoms with van der Waals surface area (Å²) < 4.78 is 11.3. The molecule has 0 amide bonds. The molecule has 1 saturated carbocycles. The SMILES string of the molecule is COC1CCCC(OCCSc2ccccc2)C1. The van der Waals surface area contributed by atoms with Gasteiger partial charge in [0.15, 0.2) is 0 Å². The second-order valence-electron chi connectivity index (χ2n) is 4.68. The van der Waals surface area contributed by atoms with Crippen molar-refractivity contribution in [2.24, 2.45) is 0 Å². The lowest BCUT2D eigenvalue weighted by Crippen LogP contribution is -2.28. The van der Waals surface area contributed by atoms with Gasteiger partial charge in [-0.2, -0.15) is 0 Å². The predicted octanol–water partition coefficient (Wildman–Crippen LogP) is 3.75. The van der Waals surface area contributed by atoms with Crippen LogP contribution in [0.2, 0.25) is 0 Å². The zero-order valence-electron chi connectivity index (χ0n) is 11.0. The standard InChI is InChI=1S/C15H22O2S/c1-16-13-6-5-7-14(12-13)17-10-11-18-15-8-3-2-4-9-15/h2-4,8-9,13-14H,5-7,10-12H2,1H3. The third-order valence-electron chi connectivity index (χ3n) is 3.36. The van der Waals surface area contributed by atoms with Crippen molar-refractivity contribution in [2.45, 2.75) is 42.8 Å². The molecule has 2 nitrogen and oxygen atoms in total. The van der Waals surface area contributed by atoms with Crippen molar-refractivity contribution >= 4 is 11.8 Å². The molecule has 1 aliphatic carbocycles. The summed E-state index contributed by atoms with van der Waals surface area (Å²) in [5.74, 6) is 1.03. The van der Waals surface area contributed by atoms with Gasteiger partial charge < -0.3 is 9.47 Å². The summed E-state index contributed by atoms with van der Waals surface area (Å²) in [4.78, 5) is 1.32. The first-order valence-electron chi connectivity index (χ1n) is 6.70. The highest BCUT2D eigenvalue weighted by molar-refractivity contribution is 7.99. The van der Waals surface area contributed by atoms with Crippen LogP contribution in [0.15, 0.2) is 35.2 Å². The monoisotopic (exact) mass is 266 g/mol. The van der Waals surface area contributed by atoms with E-state index in [0.717, 1.165) is 18.8 Å². The molecule has 0 N–H and O–H groups in total. The van der Waals surface area contributed by atoms with Crippen molar-refractivity contribution < 1.29 is 9.47 Å². The van der Waals surface area contributed by atoms with E-state index in [9.17, 15) is 0 Å². The van der Waals surface area contributed by atoms with Crippen LogP contribution >= 0.6 is 11.8 Å². The van der Waals surface area contributed by atoms with Crippen LogP contribution in [0.4, 0.5) is 0 Å². The molecular weight excluding hydrogens is 244 g/mol. The van der Waals surface area contributed by atoms with Crippen molar-refractivity contribution in [1.82, 2.24) is 0 Å². The molecule has 3 heteroatoms. The summed E-state index contributed by atoms with van der Waals surface area (Å²) in [5.41, 5.74) is 0. The Hall–Kier alpha value is -0.510. The Morgan fingerprint density at radius 1 is 1.17 bits per heavy atom. The van der Waals surface area contributed by atoms with Gasteiger partial charge in [0, 0.05) is 17.8 Å². The highest BCUT2D eigenvalue weighted by atomic mass is 32.2. The van der Waals surface area contributed by atoms with E-state index in [0.29, 0.717) is 12.2 Å². The van der Waals surface area contributed by atoms with Crippen LogP contribution in [0.5, 0.6) is 0 Å². The number of benzene rings is 1. The van der Waals surface area contributed by atoms with Gasteiger partial charge in [0.1, 0.15) is 0 Å². The average Bonchev–Trinajstić information content (AvgIpc) is 2.45. The van der Waals surface area contributed by atoms with Crippen LogP contribution in [0.1, 0.15) is 25.7 Å². The lowest BCUT2D eigenvalue weighted by atomic mass is 9.95. The lowest BCUT2D eigenvalue weighted by molar-refractivity contribution is -0.0243. The third kappa shape index (κ3) is 4.63. The Balaban J connectivity index is 1.60. The molecule has 1 aromatic rings. The number of hydrogen-bond acceptors (Lipinski definition) is 3. The van der Waals surface area contributed by atoms with Crippen LogP contribution < -0.4 is 0 Å². The van der Waals surface area contributed by atoms with Gasteiger partial charge >= 0.3 is 0 Å². The number of ether oxygens (including phenoxy) is 2. The maximum atomic E-state index is 5.94. The van der Waals surface area contributed by atoms with Gasteiger partial charge in [0.05, 0.1) is 18.8 Å². The molecule has 2 unspecified atom stereocenters. The van der Waals surface area contributed by atoms with Crippen LogP contribution in [0.3, 0.4) is 0 Å². The van der Waals surface area contributed by atoms with Gasteiger partial charge in [-0.15, -0.1) is 11.8 Å². The van der Waals surface area contributed by atoms with E-state index in [1.165, 1.54) is 24.2 Å². The lowest BCUT2D eigenvalue weighted by Gasteiger charge is -2.28. The molecule has 1 fully saturated rings. The zero-order valence-corrected chi connectivity index (χ0v) is 11.8. The van der Waals surface area contributed by atoms with Crippen LogP contribution in [-0.4, -0.2) is 31.7 Å². The molecular formula is C15H22O2S. The highest BCUT2D eigenvalue weighted by Crippen LogP contribution is 2.23.